The van der Waals surface area contributed by atoms with Crippen LogP contribution in [0.2, 0.25) is 0 Å². The van der Waals surface area contributed by atoms with E-state index < -0.39 is 36.4 Å². The van der Waals surface area contributed by atoms with Crippen LogP contribution in [0.15, 0.2) is 0 Å². The Morgan fingerprint density at radius 1 is 1.05 bits per heavy atom. The number of likely N-dealkylation sites (N-methyl/N-ethyl adjacent to an activating group) is 1. The molecule has 0 rings (SSSR count). The molecule has 124 valence electrons. The lowest BCUT2D eigenvalue weighted by atomic mass is 10.1. The summed E-state index contributed by atoms with van der Waals surface area (Å²) in [6, 6.07) is 0. The van der Waals surface area contributed by atoms with Crippen molar-refractivity contribution in [1.82, 2.24) is 4.90 Å². The van der Waals surface area contributed by atoms with E-state index in [-0.39, 0.29) is 11.5 Å². The fourth-order valence-corrected chi connectivity index (χ4v) is 1.08. The number of esters is 1. The van der Waals surface area contributed by atoms with Crippen LogP contribution in [0.5, 0.6) is 0 Å². The minimum absolute atomic E-state index is 0.115. The van der Waals surface area contributed by atoms with E-state index in [1.165, 1.54) is 0 Å². The van der Waals surface area contributed by atoms with Gasteiger partial charge < -0.3 is 9.64 Å². The topological polar surface area (TPSA) is 46.6 Å². The van der Waals surface area contributed by atoms with Crippen molar-refractivity contribution in [1.29, 1.82) is 0 Å². The fraction of sp³-hybridized carbons (Fsp3) is 0.800. The smallest absolute Gasteiger partial charge is 0.460 e. The largest absolute Gasteiger partial charge is 0.464 e. The Labute approximate surface area is 114 Å². The number of nitrogens with zero attached hydrogens (tertiary/aromatic N) is 1. The zero-order chi connectivity index (χ0) is 17.1. The standard InChI is InChI=1S/C10H12F7NO3/c1-3-4-21-6(19)5-18(2)7(20)8(11,12)9(13,14)10(15,16)17/h3-5H2,1-2H3. The van der Waals surface area contributed by atoms with Crippen molar-refractivity contribution in [2.45, 2.75) is 31.4 Å². The van der Waals surface area contributed by atoms with Gasteiger partial charge in [0.2, 0.25) is 0 Å². The first-order chi connectivity index (χ1) is 9.29. The molecule has 0 saturated carbocycles. The molecule has 0 aromatic carbocycles. The first-order valence-corrected chi connectivity index (χ1v) is 5.52. The summed E-state index contributed by atoms with van der Waals surface area (Å²) in [6.45, 7) is 0.304. The van der Waals surface area contributed by atoms with E-state index in [1.54, 1.807) is 6.92 Å². The van der Waals surface area contributed by atoms with Gasteiger partial charge in [-0.15, -0.1) is 0 Å². The third kappa shape index (κ3) is 4.21. The van der Waals surface area contributed by atoms with Gasteiger partial charge in [0, 0.05) is 7.05 Å². The van der Waals surface area contributed by atoms with Gasteiger partial charge in [-0.25, -0.2) is 0 Å². The van der Waals surface area contributed by atoms with E-state index >= 15 is 0 Å². The molecule has 0 heterocycles. The van der Waals surface area contributed by atoms with Gasteiger partial charge in [-0.3, -0.25) is 9.59 Å². The third-order valence-corrected chi connectivity index (χ3v) is 2.20. The molecule has 0 atom stereocenters. The summed E-state index contributed by atoms with van der Waals surface area (Å²) < 4.78 is 91.4. The molecule has 0 saturated heterocycles. The number of alkyl halides is 7. The number of rotatable bonds is 6. The van der Waals surface area contributed by atoms with Gasteiger partial charge in [-0.2, -0.15) is 30.7 Å². The number of carbonyl (C=O) groups excluding carboxylic acids is 2. The van der Waals surface area contributed by atoms with Crippen molar-refractivity contribution in [3.05, 3.63) is 0 Å². The van der Waals surface area contributed by atoms with Gasteiger partial charge >= 0.3 is 24.0 Å². The van der Waals surface area contributed by atoms with Gasteiger partial charge in [0.05, 0.1) is 6.61 Å². The van der Waals surface area contributed by atoms with Gasteiger partial charge in [0.25, 0.3) is 5.91 Å². The molecule has 0 spiro atoms. The van der Waals surface area contributed by atoms with Crippen LogP contribution in [0.25, 0.3) is 0 Å². The quantitative estimate of drug-likeness (QED) is 0.555. The molecule has 4 nitrogen and oxygen atoms in total. The lowest BCUT2D eigenvalue weighted by Crippen LogP contribution is -2.60. The SMILES string of the molecule is CCCOC(=O)CN(C)C(=O)C(F)(F)C(F)(F)C(F)(F)F. The van der Waals surface area contributed by atoms with Crippen LogP contribution in [-0.4, -0.2) is 55.0 Å². The van der Waals surface area contributed by atoms with Crippen LogP contribution in [0.1, 0.15) is 13.3 Å². The van der Waals surface area contributed by atoms with Gasteiger partial charge in [-0.05, 0) is 6.42 Å². The summed E-state index contributed by atoms with van der Waals surface area (Å²) in [5, 5.41) is 0. The zero-order valence-corrected chi connectivity index (χ0v) is 10.9. The molecule has 0 aromatic heterocycles. The average Bonchev–Trinajstić information content (AvgIpc) is 2.33. The Morgan fingerprint density at radius 2 is 1.52 bits per heavy atom. The highest BCUT2D eigenvalue weighted by atomic mass is 19.4. The number of hydrogen-bond donors (Lipinski definition) is 0. The Morgan fingerprint density at radius 3 is 1.90 bits per heavy atom. The highest BCUT2D eigenvalue weighted by molar-refractivity contribution is 5.87. The molecule has 1 amide bonds. The molecule has 0 aromatic rings. The van der Waals surface area contributed by atoms with E-state index in [0.717, 1.165) is 0 Å². The molecule has 0 fully saturated rings. The molecule has 0 radical (unpaired) electrons. The third-order valence-electron chi connectivity index (χ3n) is 2.20. The van der Waals surface area contributed by atoms with Crippen molar-refractivity contribution < 1.29 is 45.1 Å². The van der Waals surface area contributed by atoms with Crippen LogP contribution in [-0.2, 0) is 14.3 Å². The van der Waals surface area contributed by atoms with E-state index in [1.807, 2.05) is 0 Å². The summed E-state index contributed by atoms with van der Waals surface area (Å²) in [4.78, 5) is 21.8. The zero-order valence-electron chi connectivity index (χ0n) is 10.9. The summed E-state index contributed by atoms with van der Waals surface area (Å²) in [7, 11) is 0.482. The van der Waals surface area contributed by atoms with Crippen LogP contribution >= 0.6 is 0 Å². The molecular weight excluding hydrogens is 315 g/mol. The Kier molecular flexibility index (Phi) is 6.00. The molecule has 11 heteroatoms. The van der Waals surface area contributed by atoms with Gasteiger partial charge in [0.15, 0.2) is 0 Å². The van der Waals surface area contributed by atoms with Crippen molar-refractivity contribution in [3.63, 3.8) is 0 Å². The van der Waals surface area contributed by atoms with Crippen LogP contribution < -0.4 is 0 Å². The Hall–Kier alpha value is -1.55. The summed E-state index contributed by atoms with van der Waals surface area (Å²) >= 11 is 0. The number of halogens is 7. The van der Waals surface area contributed by atoms with E-state index in [2.05, 4.69) is 4.74 Å². The molecule has 0 unspecified atom stereocenters. The summed E-state index contributed by atoms with van der Waals surface area (Å²) in [5.41, 5.74) is 0. The molecule has 0 aliphatic heterocycles. The lowest BCUT2D eigenvalue weighted by Gasteiger charge is -2.29. The number of amides is 1. The lowest BCUT2D eigenvalue weighted by molar-refractivity contribution is -0.345. The minimum Gasteiger partial charge on any atom is -0.464 e. The van der Waals surface area contributed by atoms with Crippen LogP contribution in [0, 0.1) is 0 Å². The second kappa shape index (κ2) is 6.48. The van der Waals surface area contributed by atoms with Crippen molar-refractivity contribution in [2.75, 3.05) is 20.2 Å². The number of hydrogen-bond acceptors (Lipinski definition) is 3. The molecule has 21 heavy (non-hydrogen) atoms. The average molecular weight is 327 g/mol. The summed E-state index contributed by atoms with van der Waals surface area (Å²) in [6.07, 6.45) is -6.25. The highest BCUT2D eigenvalue weighted by Gasteiger charge is 2.76. The van der Waals surface area contributed by atoms with E-state index in [4.69, 9.17) is 0 Å². The van der Waals surface area contributed by atoms with Crippen molar-refractivity contribution in [2.24, 2.45) is 0 Å². The number of carbonyl (C=O) groups is 2. The van der Waals surface area contributed by atoms with Gasteiger partial charge in [-0.1, -0.05) is 6.92 Å². The molecular formula is C10H12F7NO3. The maximum Gasteiger partial charge on any atom is 0.460 e. The normalized spacial score (nSPS) is 13.0. The van der Waals surface area contributed by atoms with Crippen molar-refractivity contribution in [3.8, 4) is 0 Å². The predicted octanol–water partition coefficient (Wildman–Crippen LogP) is 2.23. The van der Waals surface area contributed by atoms with E-state index in [9.17, 15) is 40.3 Å². The first-order valence-electron chi connectivity index (χ1n) is 5.52. The fourth-order valence-electron chi connectivity index (χ4n) is 1.08. The monoisotopic (exact) mass is 327 g/mol. The maximum atomic E-state index is 13.0. The molecule has 0 aliphatic carbocycles. The van der Waals surface area contributed by atoms with Crippen molar-refractivity contribution >= 4 is 11.9 Å². The molecule has 0 bridgehead atoms. The maximum absolute atomic E-state index is 13.0. The highest BCUT2D eigenvalue weighted by Crippen LogP contribution is 2.47. The summed E-state index contributed by atoms with van der Waals surface area (Å²) in [5.74, 6) is -16.6. The predicted molar refractivity (Wildman–Crippen MR) is 54.8 cm³/mol. The Balaban J connectivity index is 5.02. The minimum atomic E-state index is -6.62. The second-order valence-corrected chi connectivity index (χ2v) is 4.03. The van der Waals surface area contributed by atoms with Crippen LogP contribution in [0.3, 0.4) is 0 Å². The molecule has 0 aliphatic rings. The number of ether oxygens (including phenoxy) is 1. The first kappa shape index (κ1) is 19.4. The van der Waals surface area contributed by atoms with Crippen LogP contribution in [0.4, 0.5) is 30.7 Å². The molecule has 0 N–H and O–H groups in total. The van der Waals surface area contributed by atoms with Gasteiger partial charge in [0.1, 0.15) is 6.54 Å². The second-order valence-electron chi connectivity index (χ2n) is 4.03. The Bertz CT molecular complexity index is 395. The van der Waals surface area contributed by atoms with E-state index in [0.29, 0.717) is 13.5 Å².